The third-order valence-corrected chi connectivity index (χ3v) is 9.12. The molecule has 7 atom stereocenters. The number of para-hydroxylation sites is 1. The molecule has 0 radical (unpaired) electrons. The van der Waals surface area contributed by atoms with Crippen molar-refractivity contribution >= 4 is 35.1 Å². The minimum Gasteiger partial charge on any atom is -0.465 e. The summed E-state index contributed by atoms with van der Waals surface area (Å²) in [6, 6.07) is 3.62. The van der Waals surface area contributed by atoms with Gasteiger partial charge < -0.3 is 24.4 Å². The third-order valence-electron chi connectivity index (χ3n) is 8.81. The number of rotatable bonds is 11. The van der Waals surface area contributed by atoms with Gasteiger partial charge in [-0.15, -0.1) is 13.2 Å². The summed E-state index contributed by atoms with van der Waals surface area (Å²) in [7, 11) is 0. The Labute approximate surface area is 235 Å². The average Bonchev–Trinajstić information content (AvgIpc) is 3.41. The van der Waals surface area contributed by atoms with Crippen molar-refractivity contribution in [2.24, 2.45) is 17.8 Å². The number of anilines is 1. The molecule has 1 aromatic rings. The van der Waals surface area contributed by atoms with Gasteiger partial charge in [-0.2, -0.15) is 0 Å². The van der Waals surface area contributed by atoms with Crippen LogP contribution in [0.3, 0.4) is 0 Å². The monoisotopic (exact) mass is 558 g/mol. The highest BCUT2D eigenvalue weighted by molar-refractivity contribution is 6.34. The maximum absolute atomic E-state index is 14.6. The third kappa shape index (κ3) is 4.50. The minimum atomic E-state index is -1.26. The molecule has 212 valence electrons. The first kappa shape index (κ1) is 29.3. The fraction of sp³-hybridized carbons (Fsp3) is 0.567. The van der Waals surface area contributed by atoms with Gasteiger partial charge in [-0.3, -0.25) is 14.4 Å². The van der Waals surface area contributed by atoms with Gasteiger partial charge in [0.2, 0.25) is 5.91 Å². The second-order valence-corrected chi connectivity index (χ2v) is 11.6. The molecule has 3 saturated heterocycles. The number of unbranched alkanes of at least 4 members (excludes halogenated alkanes) is 1. The molecule has 9 heteroatoms. The van der Waals surface area contributed by atoms with Crippen molar-refractivity contribution < 1.29 is 29.0 Å². The number of amides is 2. The fourth-order valence-electron chi connectivity index (χ4n) is 6.90. The van der Waals surface area contributed by atoms with Gasteiger partial charge >= 0.3 is 5.97 Å². The summed E-state index contributed by atoms with van der Waals surface area (Å²) in [5.41, 5.74) is -0.925. The molecule has 2 bridgehead atoms. The first-order valence-electron chi connectivity index (χ1n) is 13.6. The maximum atomic E-state index is 14.6. The number of carbonyl (C=O) groups is 3. The summed E-state index contributed by atoms with van der Waals surface area (Å²) >= 11 is 6.59. The Morgan fingerprint density at radius 3 is 2.69 bits per heavy atom. The van der Waals surface area contributed by atoms with E-state index in [2.05, 4.69) is 13.2 Å². The number of nitrogens with zero attached hydrogens (tertiary/aromatic N) is 2. The number of benzene rings is 1. The Kier molecular flexibility index (Phi) is 8.31. The number of halogens is 1. The summed E-state index contributed by atoms with van der Waals surface area (Å²) in [4.78, 5) is 45.3. The number of likely N-dealkylation sites (tertiary alicyclic amines) is 1. The summed E-state index contributed by atoms with van der Waals surface area (Å²) in [5, 5.41) is 10.5. The minimum absolute atomic E-state index is 0.123. The highest BCUT2D eigenvalue weighted by Crippen LogP contribution is 2.65. The van der Waals surface area contributed by atoms with Crippen LogP contribution < -0.4 is 4.90 Å². The highest BCUT2D eigenvalue weighted by atomic mass is 35.5. The number of aliphatic hydroxyl groups excluding tert-OH is 1. The van der Waals surface area contributed by atoms with E-state index in [0.29, 0.717) is 30.0 Å². The van der Waals surface area contributed by atoms with E-state index in [1.807, 2.05) is 26.8 Å². The quantitative estimate of drug-likeness (QED) is 0.250. The van der Waals surface area contributed by atoms with Crippen LogP contribution in [0, 0.1) is 24.7 Å². The molecule has 0 aromatic heterocycles. The molecule has 0 saturated carbocycles. The van der Waals surface area contributed by atoms with E-state index in [1.165, 1.54) is 9.80 Å². The van der Waals surface area contributed by atoms with Gasteiger partial charge in [-0.25, -0.2) is 0 Å². The van der Waals surface area contributed by atoms with E-state index in [1.54, 1.807) is 31.2 Å². The highest BCUT2D eigenvalue weighted by Gasteiger charge is 2.80. The van der Waals surface area contributed by atoms with E-state index >= 15 is 0 Å². The zero-order chi connectivity index (χ0) is 28.7. The molecular weight excluding hydrogens is 520 g/mol. The molecule has 1 spiro atoms. The van der Waals surface area contributed by atoms with Crippen LogP contribution in [0.5, 0.6) is 0 Å². The van der Waals surface area contributed by atoms with Crippen LogP contribution >= 0.6 is 11.6 Å². The summed E-state index contributed by atoms with van der Waals surface area (Å²) in [6.07, 6.45) is 5.10. The van der Waals surface area contributed by atoms with Gasteiger partial charge in [0.25, 0.3) is 5.91 Å². The number of allylic oxidation sites excluding steroid dienone is 1. The zero-order valence-corrected chi connectivity index (χ0v) is 23.9. The normalized spacial score (nSPS) is 31.6. The number of esters is 1. The van der Waals surface area contributed by atoms with Crippen LogP contribution in [0.25, 0.3) is 0 Å². The lowest BCUT2D eigenvalue weighted by Crippen LogP contribution is -2.58. The van der Waals surface area contributed by atoms with Gasteiger partial charge in [-0.1, -0.05) is 42.8 Å². The molecule has 4 rings (SSSR count). The zero-order valence-electron chi connectivity index (χ0n) is 23.2. The lowest BCUT2D eigenvalue weighted by molar-refractivity contribution is -0.162. The van der Waals surface area contributed by atoms with Gasteiger partial charge in [0, 0.05) is 6.54 Å². The van der Waals surface area contributed by atoms with Crippen molar-refractivity contribution in [2.75, 3.05) is 24.7 Å². The lowest BCUT2D eigenvalue weighted by Gasteiger charge is -2.39. The largest absolute Gasteiger partial charge is 0.465 e. The number of aliphatic hydroxyl groups is 1. The van der Waals surface area contributed by atoms with E-state index in [-0.39, 0.29) is 31.6 Å². The van der Waals surface area contributed by atoms with Crippen LogP contribution in [-0.4, -0.2) is 70.8 Å². The smallest absolute Gasteiger partial charge is 0.312 e. The SMILES string of the molecule is C=CCCCOC(=O)[C@@H]1[C@H]2C(=O)N([C@H](C)CO)C(C(=O)N(CC=C)c3c(C)cccc3Cl)C23CC(C)[C@@]1(C)O3. The van der Waals surface area contributed by atoms with Crippen LogP contribution in [0.15, 0.2) is 43.5 Å². The Bertz CT molecular complexity index is 1150. The van der Waals surface area contributed by atoms with Gasteiger partial charge in [0.05, 0.1) is 41.5 Å². The van der Waals surface area contributed by atoms with Gasteiger partial charge in [-0.05, 0) is 57.6 Å². The van der Waals surface area contributed by atoms with Crippen LogP contribution in [-0.2, 0) is 23.9 Å². The van der Waals surface area contributed by atoms with Crippen molar-refractivity contribution in [1.29, 1.82) is 0 Å². The topological polar surface area (TPSA) is 96.4 Å². The Hall–Kier alpha value is -2.68. The number of carbonyl (C=O) groups excluding carboxylic acids is 3. The van der Waals surface area contributed by atoms with Crippen molar-refractivity contribution in [3.05, 3.63) is 54.1 Å². The first-order chi connectivity index (χ1) is 18.5. The van der Waals surface area contributed by atoms with Crippen LogP contribution in [0.1, 0.15) is 45.6 Å². The molecule has 1 aromatic carbocycles. The second kappa shape index (κ2) is 11.1. The summed E-state index contributed by atoms with van der Waals surface area (Å²) in [6.45, 7) is 14.9. The Balaban J connectivity index is 1.82. The standard InChI is InChI=1S/C30H39ClN2O6/c1-7-9-10-15-38-28(37)23-22-26(35)33(20(5)17-34)25(30(22)16-19(4)29(23,6)39-30)27(36)32(14-8-2)24-18(3)12-11-13-21(24)31/h7-8,11-13,19-20,22-23,25,34H,1-2,9-10,14-17H2,3-6H3/t19?,20-,22+,23+,25?,29-,30?/m1/s1. The van der Waals surface area contributed by atoms with Crippen molar-refractivity contribution in [3.8, 4) is 0 Å². The summed E-state index contributed by atoms with van der Waals surface area (Å²) < 4.78 is 12.4. The van der Waals surface area contributed by atoms with Gasteiger partial charge in [0.15, 0.2) is 0 Å². The number of aryl methyl sites for hydroxylation is 1. The molecule has 3 fully saturated rings. The lowest BCUT2D eigenvalue weighted by atomic mass is 9.62. The van der Waals surface area contributed by atoms with E-state index < -0.39 is 47.0 Å². The molecule has 1 N–H and O–H groups in total. The van der Waals surface area contributed by atoms with Crippen LogP contribution in [0.2, 0.25) is 5.02 Å². The predicted molar refractivity (Wildman–Crippen MR) is 149 cm³/mol. The molecule has 3 heterocycles. The summed E-state index contributed by atoms with van der Waals surface area (Å²) in [5.74, 6) is -3.18. The molecule has 2 amide bonds. The predicted octanol–water partition coefficient (Wildman–Crippen LogP) is 4.07. The molecular formula is C30H39ClN2O6. The number of hydrogen-bond acceptors (Lipinski definition) is 6. The molecule has 39 heavy (non-hydrogen) atoms. The number of fused-ring (bicyclic) bond motifs is 1. The molecule has 8 nitrogen and oxygen atoms in total. The fourth-order valence-corrected chi connectivity index (χ4v) is 7.22. The molecule has 3 aliphatic heterocycles. The van der Waals surface area contributed by atoms with Crippen molar-refractivity contribution in [3.63, 3.8) is 0 Å². The molecule has 3 unspecified atom stereocenters. The first-order valence-corrected chi connectivity index (χ1v) is 14.0. The van der Waals surface area contributed by atoms with Crippen molar-refractivity contribution in [2.45, 2.75) is 70.2 Å². The number of hydrogen-bond donors (Lipinski definition) is 1. The molecule has 0 aliphatic carbocycles. The van der Waals surface area contributed by atoms with Crippen molar-refractivity contribution in [1.82, 2.24) is 4.90 Å². The van der Waals surface area contributed by atoms with E-state index in [9.17, 15) is 19.5 Å². The van der Waals surface area contributed by atoms with E-state index in [0.717, 1.165) is 5.56 Å². The molecule has 3 aliphatic rings. The van der Waals surface area contributed by atoms with E-state index in [4.69, 9.17) is 21.1 Å². The average molecular weight is 559 g/mol. The Morgan fingerprint density at radius 1 is 1.36 bits per heavy atom. The number of ether oxygens (including phenoxy) is 2. The Morgan fingerprint density at radius 2 is 2.08 bits per heavy atom. The van der Waals surface area contributed by atoms with Gasteiger partial charge in [0.1, 0.15) is 17.6 Å². The maximum Gasteiger partial charge on any atom is 0.312 e. The van der Waals surface area contributed by atoms with Crippen LogP contribution in [0.4, 0.5) is 5.69 Å². The second-order valence-electron chi connectivity index (χ2n) is 11.2.